The Morgan fingerprint density at radius 3 is 2.52 bits per heavy atom. The molecular weight excluding hydrogens is 390 g/mol. The van der Waals surface area contributed by atoms with Gasteiger partial charge in [0.2, 0.25) is 0 Å². The predicted octanol–water partition coefficient (Wildman–Crippen LogP) is 3.42. The van der Waals surface area contributed by atoms with E-state index in [9.17, 15) is 4.79 Å². The Bertz CT molecular complexity index is 1000. The fourth-order valence-corrected chi connectivity index (χ4v) is 4.02. The zero-order valence-corrected chi connectivity index (χ0v) is 18.4. The number of hydrogen-bond acceptors (Lipinski definition) is 5. The smallest absolute Gasteiger partial charge is 0.255 e. The van der Waals surface area contributed by atoms with E-state index in [1.165, 1.54) is 0 Å². The molecule has 1 aromatic carbocycles. The molecule has 0 aromatic heterocycles. The molecule has 0 spiro atoms. The van der Waals surface area contributed by atoms with E-state index < -0.39 is 0 Å². The topological polar surface area (TPSA) is 45.2 Å². The van der Waals surface area contributed by atoms with E-state index in [1.54, 1.807) is 25.2 Å². The van der Waals surface area contributed by atoms with Crippen LogP contribution in [0.5, 0.6) is 11.5 Å². The van der Waals surface area contributed by atoms with Crippen LogP contribution >= 0.6 is 0 Å². The van der Waals surface area contributed by atoms with Crippen LogP contribution in [0.25, 0.3) is 5.57 Å². The van der Waals surface area contributed by atoms with Crippen molar-refractivity contribution in [1.29, 1.82) is 0 Å². The van der Waals surface area contributed by atoms with Crippen molar-refractivity contribution in [2.75, 3.05) is 47.4 Å². The number of methoxy groups -OCH3 is 2. The first-order chi connectivity index (χ1) is 15.1. The molecule has 1 aromatic rings. The molecule has 3 aliphatic heterocycles. The molecule has 4 rings (SSSR count). The molecule has 0 bridgehead atoms. The molecule has 0 N–H and O–H groups in total. The zero-order chi connectivity index (χ0) is 21.8. The summed E-state index contributed by atoms with van der Waals surface area (Å²) in [5, 5.41) is 0. The summed E-state index contributed by atoms with van der Waals surface area (Å²) in [7, 11) is 5.37. The monoisotopic (exact) mass is 419 g/mol. The number of allylic oxidation sites excluding steroid dienone is 6. The summed E-state index contributed by atoms with van der Waals surface area (Å²) in [6.45, 7) is 4.08. The van der Waals surface area contributed by atoms with E-state index in [-0.39, 0.29) is 5.91 Å². The van der Waals surface area contributed by atoms with Crippen molar-refractivity contribution >= 4 is 11.5 Å². The lowest BCUT2D eigenvalue weighted by molar-refractivity contribution is -0.122. The van der Waals surface area contributed by atoms with Crippen LogP contribution in [-0.2, 0) is 4.79 Å². The van der Waals surface area contributed by atoms with E-state index in [0.29, 0.717) is 11.5 Å². The molecule has 3 aliphatic rings. The van der Waals surface area contributed by atoms with Gasteiger partial charge in [0.05, 0.1) is 19.9 Å². The fourth-order valence-electron chi connectivity index (χ4n) is 4.02. The maximum atomic E-state index is 13.2. The van der Waals surface area contributed by atoms with Crippen molar-refractivity contribution in [3.8, 4) is 11.5 Å². The molecule has 0 aliphatic carbocycles. The van der Waals surface area contributed by atoms with Crippen molar-refractivity contribution in [2.45, 2.75) is 6.42 Å². The molecule has 0 radical (unpaired) electrons. The minimum atomic E-state index is -0.0748. The van der Waals surface area contributed by atoms with Gasteiger partial charge in [-0.05, 0) is 61.5 Å². The minimum Gasteiger partial charge on any atom is -0.493 e. The van der Waals surface area contributed by atoms with Crippen molar-refractivity contribution < 1.29 is 14.3 Å². The number of rotatable bonds is 4. The molecule has 31 heavy (non-hydrogen) atoms. The van der Waals surface area contributed by atoms with E-state index in [2.05, 4.69) is 22.9 Å². The zero-order valence-electron chi connectivity index (χ0n) is 18.4. The van der Waals surface area contributed by atoms with Crippen LogP contribution in [0.4, 0.5) is 0 Å². The van der Waals surface area contributed by atoms with Gasteiger partial charge in [0.1, 0.15) is 0 Å². The summed E-state index contributed by atoms with van der Waals surface area (Å²) in [4.78, 5) is 19.7. The van der Waals surface area contributed by atoms with Crippen LogP contribution in [-0.4, -0.2) is 68.1 Å². The first-order valence-electron chi connectivity index (χ1n) is 10.6. The summed E-state index contributed by atoms with van der Waals surface area (Å²) in [6.07, 6.45) is 14.8. The molecule has 0 unspecified atom stereocenters. The molecule has 6 nitrogen and oxygen atoms in total. The quantitative estimate of drug-likeness (QED) is 0.748. The average molecular weight is 420 g/mol. The van der Waals surface area contributed by atoms with Gasteiger partial charge in [0.25, 0.3) is 5.91 Å². The highest BCUT2D eigenvalue weighted by molar-refractivity contribution is 6.00. The lowest BCUT2D eigenvalue weighted by Crippen LogP contribution is -2.32. The lowest BCUT2D eigenvalue weighted by atomic mass is 10.0. The lowest BCUT2D eigenvalue weighted by Gasteiger charge is -2.30. The highest BCUT2D eigenvalue weighted by Crippen LogP contribution is 2.32. The van der Waals surface area contributed by atoms with Crippen molar-refractivity contribution in [3.63, 3.8) is 0 Å². The van der Waals surface area contributed by atoms with E-state index >= 15 is 0 Å². The second-order valence-corrected chi connectivity index (χ2v) is 7.86. The van der Waals surface area contributed by atoms with Crippen LogP contribution in [0.15, 0.2) is 72.2 Å². The average Bonchev–Trinajstić information content (AvgIpc) is 3.01. The van der Waals surface area contributed by atoms with Crippen LogP contribution in [0.3, 0.4) is 0 Å². The number of nitrogens with zero attached hydrogens (tertiary/aromatic N) is 3. The summed E-state index contributed by atoms with van der Waals surface area (Å²) in [5.74, 6) is 1.22. The van der Waals surface area contributed by atoms with E-state index in [4.69, 9.17) is 9.47 Å². The summed E-state index contributed by atoms with van der Waals surface area (Å²) >= 11 is 0. The van der Waals surface area contributed by atoms with Gasteiger partial charge >= 0.3 is 0 Å². The molecule has 1 amide bonds. The number of amides is 1. The standard InChI is InChI=1S/C25H29N3O3/c1-26-12-5-13-27(15-14-26)22-10-9-21-7-4-6-19(17-25(29)28(21)18-22)20-8-11-23(30-2)24(16-20)31-3/h4,6-11,16-18H,5,12-15H2,1-3H3/b6-4?,19-17?,21-7+. The molecule has 6 heteroatoms. The first kappa shape index (κ1) is 21.0. The number of ether oxygens (including phenoxy) is 2. The second kappa shape index (κ2) is 9.27. The Hall–Kier alpha value is -3.25. The Morgan fingerprint density at radius 2 is 1.71 bits per heavy atom. The number of fused-ring (bicyclic) bond motifs is 1. The molecule has 0 atom stereocenters. The highest BCUT2D eigenvalue weighted by Gasteiger charge is 2.22. The van der Waals surface area contributed by atoms with Gasteiger partial charge < -0.3 is 19.3 Å². The van der Waals surface area contributed by atoms with Crippen LogP contribution in [0, 0.1) is 0 Å². The second-order valence-electron chi connectivity index (χ2n) is 7.86. The first-order valence-corrected chi connectivity index (χ1v) is 10.6. The van der Waals surface area contributed by atoms with Gasteiger partial charge in [-0.1, -0.05) is 18.2 Å². The van der Waals surface area contributed by atoms with Crippen molar-refractivity contribution in [2.24, 2.45) is 0 Å². The van der Waals surface area contributed by atoms with E-state index in [1.807, 2.05) is 48.7 Å². The van der Waals surface area contributed by atoms with Gasteiger partial charge in [-0.3, -0.25) is 9.69 Å². The molecule has 3 heterocycles. The summed E-state index contributed by atoms with van der Waals surface area (Å²) in [5.41, 5.74) is 3.65. The van der Waals surface area contributed by atoms with Crippen LogP contribution in [0.1, 0.15) is 12.0 Å². The summed E-state index contributed by atoms with van der Waals surface area (Å²) < 4.78 is 10.8. The molecular formula is C25H29N3O3. The Morgan fingerprint density at radius 1 is 0.903 bits per heavy atom. The van der Waals surface area contributed by atoms with Crippen LogP contribution in [0.2, 0.25) is 0 Å². The summed E-state index contributed by atoms with van der Waals surface area (Å²) in [6, 6.07) is 5.67. The molecule has 1 saturated heterocycles. The number of likely N-dealkylation sites (N-methyl/N-ethyl adjacent to an activating group) is 1. The molecule has 1 fully saturated rings. The third-order valence-corrected chi connectivity index (χ3v) is 5.83. The number of carbonyl (C=O) groups excluding carboxylic acids is 1. The van der Waals surface area contributed by atoms with Crippen molar-refractivity contribution in [1.82, 2.24) is 14.7 Å². The van der Waals surface area contributed by atoms with Gasteiger partial charge in [-0.25, -0.2) is 0 Å². The highest BCUT2D eigenvalue weighted by atomic mass is 16.5. The number of benzene rings is 1. The molecule has 0 saturated carbocycles. The maximum Gasteiger partial charge on any atom is 0.255 e. The Labute approximate surface area is 184 Å². The molecule has 162 valence electrons. The third kappa shape index (κ3) is 4.59. The predicted molar refractivity (Wildman–Crippen MR) is 123 cm³/mol. The van der Waals surface area contributed by atoms with Crippen molar-refractivity contribution in [3.05, 3.63) is 77.8 Å². The largest absolute Gasteiger partial charge is 0.493 e. The Kier molecular flexibility index (Phi) is 6.28. The normalized spacial score (nSPS) is 21.3. The van der Waals surface area contributed by atoms with Crippen LogP contribution < -0.4 is 9.47 Å². The Balaban J connectivity index is 1.63. The SMILES string of the molecule is COc1ccc(C2=CC(=O)N3C=C(N4CCCN(C)CC4)C=C/C3=C\C=C2)cc1OC. The maximum absolute atomic E-state index is 13.2. The number of hydrogen-bond donors (Lipinski definition) is 0. The van der Waals surface area contributed by atoms with Gasteiger partial charge in [-0.15, -0.1) is 0 Å². The van der Waals surface area contributed by atoms with E-state index in [0.717, 1.165) is 55.1 Å². The number of carbonyl (C=O) groups is 1. The minimum absolute atomic E-state index is 0.0748. The fraction of sp³-hybridized carbons (Fsp3) is 0.320. The third-order valence-electron chi connectivity index (χ3n) is 5.83. The van der Waals surface area contributed by atoms with Gasteiger partial charge in [0, 0.05) is 37.6 Å². The van der Waals surface area contributed by atoms with Gasteiger partial charge in [0.15, 0.2) is 11.5 Å². The van der Waals surface area contributed by atoms with Gasteiger partial charge in [-0.2, -0.15) is 0 Å².